The molecule has 0 fully saturated rings. The number of benzene rings is 2. The number of pyridine rings is 1. The molecule has 21 heavy (non-hydrogen) atoms. The van der Waals surface area contributed by atoms with Gasteiger partial charge in [0, 0.05) is 17.1 Å². The molecule has 3 aromatic rings. The number of nitrogens with one attached hydrogen (secondary N) is 1. The van der Waals surface area contributed by atoms with E-state index in [1.165, 1.54) is 0 Å². The van der Waals surface area contributed by atoms with Gasteiger partial charge in [-0.05, 0) is 48.5 Å². The summed E-state index contributed by atoms with van der Waals surface area (Å²) in [6.45, 7) is 0. The van der Waals surface area contributed by atoms with Crippen molar-refractivity contribution in [3.05, 3.63) is 65.3 Å². The third-order valence-corrected chi connectivity index (χ3v) is 3.40. The van der Waals surface area contributed by atoms with Gasteiger partial charge in [0.1, 0.15) is 17.1 Å². The first-order chi connectivity index (χ1) is 10.1. The zero-order valence-corrected chi connectivity index (χ0v) is 11.8. The molecule has 0 atom stereocenters. The molecule has 0 aliphatic heterocycles. The van der Waals surface area contributed by atoms with Crippen molar-refractivity contribution in [1.29, 1.82) is 5.41 Å². The minimum Gasteiger partial charge on any atom is -0.455 e. The second-order valence-corrected chi connectivity index (χ2v) is 4.89. The predicted octanol–water partition coefficient (Wildman–Crippen LogP) is 3.96. The lowest BCUT2D eigenvalue weighted by Crippen LogP contribution is -2.10. The van der Waals surface area contributed by atoms with Gasteiger partial charge in [-0.1, -0.05) is 11.6 Å². The number of ether oxygens (including phenoxy) is 1. The van der Waals surface area contributed by atoms with Crippen LogP contribution in [0, 0.1) is 5.41 Å². The highest BCUT2D eigenvalue weighted by molar-refractivity contribution is 6.35. The van der Waals surface area contributed by atoms with Crippen LogP contribution in [0.3, 0.4) is 0 Å². The summed E-state index contributed by atoms with van der Waals surface area (Å²) in [6.07, 6.45) is 1.70. The van der Waals surface area contributed by atoms with Gasteiger partial charge in [0.05, 0.1) is 5.02 Å². The normalized spacial score (nSPS) is 10.5. The molecule has 1 aromatic heterocycles. The van der Waals surface area contributed by atoms with Crippen molar-refractivity contribution >= 4 is 28.3 Å². The number of nitrogens with zero attached hydrogens (tertiary/aromatic N) is 1. The van der Waals surface area contributed by atoms with Crippen LogP contribution in [0.25, 0.3) is 10.9 Å². The Morgan fingerprint density at radius 3 is 2.57 bits per heavy atom. The lowest BCUT2D eigenvalue weighted by molar-refractivity contribution is 0.487. The maximum absolute atomic E-state index is 7.37. The van der Waals surface area contributed by atoms with Crippen molar-refractivity contribution < 1.29 is 4.74 Å². The summed E-state index contributed by atoms with van der Waals surface area (Å²) in [7, 11) is 0. The molecular formula is C16H12ClN3O. The van der Waals surface area contributed by atoms with E-state index in [1.807, 2.05) is 12.1 Å². The summed E-state index contributed by atoms with van der Waals surface area (Å²) in [4.78, 5) is 4.32. The Bertz CT molecular complexity index is 815. The number of rotatable bonds is 3. The maximum atomic E-state index is 7.37. The summed E-state index contributed by atoms with van der Waals surface area (Å²) >= 11 is 6.15. The molecule has 0 bridgehead atoms. The third-order valence-electron chi connectivity index (χ3n) is 3.07. The molecule has 4 nitrogen and oxygen atoms in total. The Morgan fingerprint density at radius 2 is 1.86 bits per heavy atom. The molecule has 0 saturated carbocycles. The minimum atomic E-state index is 0.0279. The van der Waals surface area contributed by atoms with Crippen LogP contribution in [0.4, 0.5) is 0 Å². The van der Waals surface area contributed by atoms with Gasteiger partial charge in [-0.2, -0.15) is 0 Å². The molecule has 2 aromatic carbocycles. The molecule has 104 valence electrons. The Morgan fingerprint density at radius 1 is 1.10 bits per heavy atom. The molecule has 0 aliphatic rings. The van der Waals surface area contributed by atoms with Crippen LogP contribution < -0.4 is 10.5 Å². The second kappa shape index (κ2) is 5.42. The summed E-state index contributed by atoms with van der Waals surface area (Å²) in [5.41, 5.74) is 6.79. The molecule has 0 radical (unpaired) electrons. The number of nitrogen functional groups attached to an aromatic ring is 1. The number of nitrogens with two attached hydrogens (primary N) is 1. The smallest absolute Gasteiger partial charge is 0.153 e. The van der Waals surface area contributed by atoms with Crippen molar-refractivity contribution in [2.75, 3.05) is 0 Å². The van der Waals surface area contributed by atoms with E-state index in [0.29, 0.717) is 27.6 Å². The fourth-order valence-corrected chi connectivity index (χ4v) is 2.24. The Balaban J connectivity index is 1.98. The van der Waals surface area contributed by atoms with Crippen LogP contribution in [-0.4, -0.2) is 10.8 Å². The highest BCUT2D eigenvalue weighted by Crippen LogP contribution is 2.32. The summed E-state index contributed by atoms with van der Waals surface area (Å²) in [5, 5.41) is 8.85. The lowest BCUT2D eigenvalue weighted by atomic mass is 10.2. The van der Waals surface area contributed by atoms with Crippen LogP contribution in [0.5, 0.6) is 11.5 Å². The van der Waals surface area contributed by atoms with E-state index in [2.05, 4.69) is 4.98 Å². The van der Waals surface area contributed by atoms with Crippen molar-refractivity contribution in [3.8, 4) is 11.5 Å². The van der Waals surface area contributed by atoms with Crippen LogP contribution in [0.2, 0.25) is 5.02 Å². The molecule has 3 N–H and O–H groups in total. The molecule has 0 amide bonds. The topological polar surface area (TPSA) is 72.0 Å². The zero-order valence-electron chi connectivity index (χ0n) is 11.0. The van der Waals surface area contributed by atoms with Gasteiger partial charge in [0.15, 0.2) is 5.75 Å². The Kier molecular flexibility index (Phi) is 3.46. The lowest BCUT2D eigenvalue weighted by Gasteiger charge is -2.09. The average molecular weight is 298 g/mol. The van der Waals surface area contributed by atoms with Crippen molar-refractivity contribution in [2.24, 2.45) is 5.73 Å². The molecule has 3 rings (SSSR count). The van der Waals surface area contributed by atoms with E-state index >= 15 is 0 Å². The fourth-order valence-electron chi connectivity index (χ4n) is 2.02. The summed E-state index contributed by atoms with van der Waals surface area (Å²) in [5.74, 6) is 1.31. The van der Waals surface area contributed by atoms with Gasteiger partial charge in [-0.15, -0.1) is 0 Å². The summed E-state index contributed by atoms with van der Waals surface area (Å²) in [6, 6.07) is 14.3. The molecule has 5 heteroatoms. The second-order valence-electron chi connectivity index (χ2n) is 4.49. The van der Waals surface area contributed by atoms with Gasteiger partial charge in [0.25, 0.3) is 0 Å². The number of halogens is 1. The SMILES string of the molecule is N=C(N)c1ccc(Oc2ccc(Cl)c3cccnc23)cc1. The van der Waals surface area contributed by atoms with E-state index in [9.17, 15) is 0 Å². The van der Waals surface area contributed by atoms with E-state index in [0.717, 1.165) is 5.39 Å². The van der Waals surface area contributed by atoms with Gasteiger partial charge < -0.3 is 10.5 Å². The number of aromatic nitrogens is 1. The molecular weight excluding hydrogens is 286 g/mol. The van der Waals surface area contributed by atoms with E-state index < -0.39 is 0 Å². The highest BCUT2D eigenvalue weighted by Gasteiger charge is 2.08. The molecule has 0 saturated heterocycles. The number of amidine groups is 1. The Hall–Kier alpha value is -2.59. The van der Waals surface area contributed by atoms with Crippen LogP contribution >= 0.6 is 11.6 Å². The molecule has 0 aliphatic carbocycles. The van der Waals surface area contributed by atoms with Crippen LogP contribution in [-0.2, 0) is 0 Å². The first-order valence-corrected chi connectivity index (χ1v) is 6.68. The minimum absolute atomic E-state index is 0.0279. The quantitative estimate of drug-likeness (QED) is 0.567. The predicted molar refractivity (Wildman–Crippen MR) is 84.3 cm³/mol. The monoisotopic (exact) mass is 297 g/mol. The molecule has 0 unspecified atom stereocenters. The van der Waals surface area contributed by atoms with Gasteiger partial charge in [-0.3, -0.25) is 10.4 Å². The first-order valence-electron chi connectivity index (χ1n) is 6.31. The standard InChI is InChI=1S/C16H12ClN3O/c17-13-7-8-14(15-12(13)2-1-9-20-15)21-11-5-3-10(4-6-11)16(18)19/h1-9H,(H3,18,19). The summed E-state index contributed by atoms with van der Waals surface area (Å²) < 4.78 is 5.85. The fraction of sp³-hybridized carbons (Fsp3) is 0. The van der Waals surface area contributed by atoms with Gasteiger partial charge in [-0.25, -0.2) is 0 Å². The maximum Gasteiger partial charge on any atom is 0.153 e. The number of fused-ring (bicyclic) bond motifs is 1. The average Bonchev–Trinajstić information content (AvgIpc) is 2.51. The molecule has 0 spiro atoms. The van der Waals surface area contributed by atoms with Gasteiger partial charge in [0.2, 0.25) is 0 Å². The highest BCUT2D eigenvalue weighted by atomic mass is 35.5. The van der Waals surface area contributed by atoms with E-state index in [1.54, 1.807) is 42.6 Å². The zero-order chi connectivity index (χ0) is 14.8. The van der Waals surface area contributed by atoms with Crippen LogP contribution in [0.1, 0.15) is 5.56 Å². The van der Waals surface area contributed by atoms with Gasteiger partial charge >= 0.3 is 0 Å². The largest absolute Gasteiger partial charge is 0.455 e. The molecule has 1 heterocycles. The van der Waals surface area contributed by atoms with E-state index in [4.69, 9.17) is 27.5 Å². The first kappa shape index (κ1) is 13.4. The number of hydrogen-bond acceptors (Lipinski definition) is 3. The van der Waals surface area contributed by atoms with E-state index in [-0.39, 0.29) is 5.84 Å². The van der Waals surface area contributed by atoms with Crippen molar-refractivity contribution in [3.63, 3.8) is 0 Å². The van der Waals surface area contributed by atoms with Crippen molar-refractivity contribution in [1.82, 2.24) is 4.98 Å². The van der Waals surface area contributed by atoms with Crippen LogP contribution in [0.15, 0.2) is 54.7 Å². The number of hydrogen-bond donors (Lipinski definition) is 2. The van der Waals surface area contributed by atoms with Crippen molar-refractivity contribution in [2.45, 2.75) is 0 Å². The Labute approximate surface area is 126 Å². The third kappa shape index (κ3) is 2.66.